The van der Waals surface area contributed by atoms with Gasteiger partial charge in [-0.15, -0.1) is 0 Å². The van der Waals surface area contributed by atoms with Gasteiger partial charge in [-0.1, -0.05) is 24.3 Å². The van der Waals surface area contributed by atoms with Crippen molar-refractivity contribution in [2.45, 2.75) is 25.8 Å². The maximum Gasteiger partial charge on any atom is 0.269 e. The Morgan fingerprint density at radius 1 is 1.13 bits per heavy atom. The monoisotopic (exact) mass is 317 g/mol. The van der Waals surface area contributed by atoms with E-state index in [0.717, 1.165) is 18.0 Å². The first kappa shape index (κ1) is 16.1. The van der Waals surface area contributed by atoms with Crippen molar-refractivity contribution in [1.29, 1.82) is 0 Å². The Labute approximate surface area is 137 Å². The van der Waals surface area contributed by atoms with Gasteiger partial charge in [-0.2, -0.15) is 0 Å². The van der Waals surface area contributed by atoms with Crippen molar-refractivity contribution >= 4 is 5.69 Å². The number of nitro benzene ring substituents is 1. The van der Waals surface area contributed by atoms with Gasteiger partial charge in [-0.05, 0) is 19.3 Å². The zero-order valence-corrected chi connectivity index (χ0v) is 13.7. The van der Waals surface area contributed by atoms with E-state index in [1.54, 1.807) is 28.0 Å². The Morgan fingerprint density at radius 3 is 2.61 bits per heavy atom. The Hall–Kier alpha value is -1.72. The van der Waals surface area contributed by atoms with Crippen LogP contribution < -0.4 is 9.80 Å². The van der Waals surface area contributed by atoms with Gasteiger partial charge in [0.05, 0.1) is 11.5 Å². The third-order valence-corrected chi connectivity index (χ3v) is 5.19. The third-order valence-electron chi connectivity index (χ3n) is 5.19. The molecule has 1 aromatic carbocycles. The quantitative estimate of drug-likeness (QED) is 0.464. The molecule has 0 amide bonds. The van der Waals surface area contributed by atoms with Crippen molar-refractivity contribution in [3.63, 3.8) is 0 Å². The van der Waals surface area contributed by atoms with Crippen LogP contribution in [0.15, 0.2) is 36.4 Å². The maximum atomic E-state index is 10.9. The van der Waals surface area contributed by atoms with Gasteiger partial charge in [-0.25, -0.2) is 0 Å². The molecule has 23 heavy (non-hydrogen) atoms. The van der Waals surface area contributed by atoms with Gasteiger partial charge in [0.25, 0.3) is 5.69 Å². The lowest BCUT2D eigenvalue weighted by molar-refractivity contribution is -1.02. The number of nitro groups is 1. The minimum atomic E-state index is -0.306. The minimum absolute atomic E-state index is 0.205. The Bertz CT molecular complexity index is 565. The third kappa shape index (κ3) is 4.62. The topological polar surface area (TPSA) is 52.0 Å². The molecule has 1 saturated heterocycles. The number of rotatable bonds is 5. The van der Waals surface area contributed by atoms with Crippen LogP contribution in [0.4, 0.5) is 5.69 Å². The van der Waals surface area contributed by atoms with Gasteiger partial charge in [-0.3, -0.25) is 10.1 Å². The first-order valence-corrected chi connectivity index (χ1v) is 8.76. The van der Waals surface area contributed by atoms with Crippen molar-refractivity contribution < 1.29 is 14.7 Å². The molecule has 2 aliphatic rings. The second-order valence-corrected chi connectivity index (χ2v) is 6.96. The molecule has 5 nitrogen and oxygen atoms in total. The van der Waals surface area contributed by atoms with Crippen LogP contribution >= 0.6 is 0 Å². The lowest BCUT2D eigenvalue weighted by atomic mass is 9.94. The molecule has 0 aromatic heterocycles. The lowest BCUT2D eigenvalue weighted by Gasteiger charge is -2.32. The van der Waals surface area contributed by atoms with Crippen molar-refractivity contribution in [2.75, 3.05) is 32.7 Å². The summed E-state index contributed by atoms with van der Waals surface area (Å²) in [6.45, 7) is 7.01. The molecule has 1 aliphatic carbocycles. The Kier molecular flexibility index (Phi) is 5.41. The molecule has 0 bridgehead atoms. The van der Waals surface area contributed by atoms with Gasteiger partial charge in [0.1, 0.15) is 32.7 Å². The molecule has 124 valence electrons. The zero-order valence-electron chi connectivity index (χ0n) is 13.7. The van der Waals surface area contributed by atoms with Crippen LogP contribution in [-0.2, 0) is 6.54 Å². The number of piperazine rings is 1. The molecule has 0 unspecified atom stereocenters. The number of nitrogens with zero attached hydrogens (tertiary/aromatic N) is 1. The molecule has 5 heteroatoms. The van der Waals surface area contributed by atoms with E-state index in [1.807, 2.05) is 6.07 Å². The number of hydrogen-bond donors (Lipinski definition) is 2. The molecule has 1 heterocycles. The highest BCUT2D eigenvalue weighted by molar-refractivity contribution is 5.33. The summed E-state index contributed by atoms with van der Waals surface area (Å²) < 4.78 is 0. The number of allylic oxidation sites excluding steroid dienone is 2. The van der Waals surface area contributed by atoms with Crippen molar-refractivity contribution in [2.24, 2.45) is 5.92 Å². The summed E-state index contributed by atoms with van der Waals surface area (Å²) in [5.41, 5.74) is 1.28. The van der Waals surface area contributed by atoms with Gasteiger partial charge in [0.15, 0.2) is 0 Å². The van der Waals surface area contributed by atoms with Crippen molar-refractivity contribution in [3.05, 3.63) is 52.1 Å². The number of non-ortho nitro benzene ring substituents is 1. The van der Waals surface area contributed by atoms with Crippen molar-refractivity contribution in [1.82, 2.24) is 0 Å². The number of quaternary nitrogens is 2. The standard InChI is InChI=1S/C18H25N3O2/c22-21(23)18-8-4-7-17(13-18)15-20-11-9-19(10-12-20)14-16-5-2-1-3-6-16/h1-2,4,7-8,13,16H,3,5-6,9-12,14-15H2/p+2/t16-/m0/s1. The van der Waals surface area contributed by atoms with E-state index < -0.39 is 0 Å². The summed E-state index contributed by atoms with van der Waals surface area (Å²) in [6.07, 6.45) is 8.52. The van der Waals surface area contributed by atoms with Crippen LogP contribution in [0.1, 0.15) is 24.8 Å². The molecule has 1 atom stereocenters. The first-order valence-electron chi connectivity index (χ1n) is 8.76. The van der Waals surface area contributed by atoms with Gasteiger partial charge in [0, 0.05) is 23.6 Å². The number of benzene rings is 1. The molecular formula is C18H27N3O2+2. The largest absolute Gasteiger partial charge is 0.325 e. The van der Waals surface area contributed by atoms with E-state index in [1.165, 1.54) is 52.0 Å². The van der Waals surface area contributed by atoms with E-state index in [2.05, 4.69) is 12.2 Å². The molecule has 1 fully saturated rings. The average Bonchev–Trinajstić information content (AvgIpc) is 2.58. The predicted octanol–water partition coefficient (Wildman–Crippen LogP) is 0.235. The second-order valence-electron chi connectivity index (χ2n) is 6.96. The van der Waals surface area contributed by atoms with Crippen LogP contribution in [0.3, 0.4) is 0 Å². The van der Waals surface area contributed by atoms with Gasteiger partial charge >= 0.3 is 0 Å². The van der Waals surface area contributed by atoms with E-state index >= 15 is 0 Å². The van der Waals surface area contributed by atoms with Crippen LogP contribution in [0.2, 0.25) is 0 Å². The van der Waals surface area contributed by atoms with Crippen molar-refractivity contribution in [3.8, 4) is 0 Å². The normalized spacial score (nSPS) is 27.7. The smallest absolute Gasteiger partial charge is 0.269 e. The van der Waals surface area contributed by atoms with Crippen LogP contribution in [0.5, 0.6) is 0 Å². The van der Waals surface area contributed by atoms with Crippen LogP contribution in [-0.4, -0.2) is 37.6 Å². The SMILES string of the molecule is O=[N+]([O-])c1cccc(C[NH+]2CC[NH+](C[C@H]3CC=CCC3)CC2)c1. The molecular weight excluding hydrogens is 290 g/mol. The highest BCUT2D eigenvalue weighted by Gasteiger charge is 2.25. The zero-order chi connectivity index (χ0) is 16.1. The van der Waals surface area contributed by atoms with E-state index in [-0.39, 0.29) is 10.6 Å². The fourth-order valence-corrected chi connectivity index (χ4v) is 3.86. The summed E-state index contributed by atoms with van der Waals surface area (Å²) >= 11 is 0. The number of hydrogen-bond acceptors (Lipinski definition) is 2. The molecule has 3 rings (SSSR count). The van der Waals surface area contributed by atoms with Gasteiger partial charge in [0.2, 0.25) is 0 Å². The molecule has 0 saturated carbocycles. The summed E-state index contributed by atoms with van der Waals surface area (Å²) in [5, 5.41) is 10.9. The predicted molar refractivity (Wildman–Crippen MR) is 89.5 cm³/mol. The summed E-state index contributed by atoms with van der Waals surface area (Å²) in [7, 11) is 0. The highest BCUT2D eigenvalue weighted by atomic mass is 16.6. The molecule has 1 aliphatic heterocycles. The van der Waals surface area contributed by atoms with E-state index in [4.69, 9.17) is 0 Å². The molecule has 0 spiro atoms. The Morgan fingerprint density at radius 2 is 1.91 bits per heavy atom. The molecule has 1 aromatic rings. The summed E-state index contributed by atoms with van der Waals surface area (Å²) in [6, 6.07) is 7.10. The molecule has 0 radical (unpaired) electrons. The summed E-state index contributed by atoms with van der Waals surface area (Å²) in [4.78, 5) is 13.9. The first-order chi connectivity index (χ1) is 11.2. The highest BCUT2D eigenvalue weighted by Crippen LogP contribution is 2.16. The van der Waals surface area contributed by atoms with Gasteiger partial charge < -0.3 is 9.80 Å². The fraction of sp³-hybridized carbons (Fsp3) is 0.556. The fourth-order valence-electron chi connectivity index (χ4n) is 3.86. The Balaban J connectivity index is 1.46. The average molecular weight is 317 g/mol. The van der Waals surface area contributed by atoms with Crippen LogP contribution in [0, 0.1) is 16.0 Å². The lowest BCUT2D eigenvalue weighted by Crippen LogP contribution is -3.27. The minimum Gasteiger partial charge on any atom is -0.325 e. The maximum absolute atomic E-state index is 10.9. The second kappa shape index (κ2) is 7.70. The van der Waals surface area contributed by atoms with E-state index in [0.29, 0.717) is 0 Å². The van der Waals surface area contributed by atoms with Crippen LogP contribution in [0.25, 0.3) is 0 Å². The summed E-state index contributed by atoms with van der Waals surface area (Å²) in [5.74, 6) is 0.869. The van der Waals surface area contributed by atoms with E-state index in [9.17, 15) is 10.1 Å². The molecule has 2 N–H and O–H groups in total. The number of nitrogens with one attached hydrogen (secondary N) is 2.